The van der Waals surface area contributed by atoms with Gasteiger partial charge in [-0.05, 0) is 72.8 Å². The second-order valence-corrected chi connectivity index (χ2v) is 12.3. The number of hydrogen-bond acceptors (Lipinski definition) is 2. The Balaban J connectivity index is 1.40. The topological polar surface area (TPSA) is 40.0 Å². The first-order chi connectivity index (χ1) is 23.3. The molecule has 47 heavy (non-hydrogen) atoms. The predicted octanol–water partition coefficient (Wildman–Crippen LogP) is 10.4. The largest absolute Gasteiger partial charge is 0.309 e. The SMILES string of the molecule is c1ccc(-n2c3ccccc3c3c2ccc2c4cc5c(cc4n(-c4ccccc4)c23)c2nc3ccccc3n2c2cccnc52)cc1. The number of pyridine rings is 2. The van der Waals surface area contributed by atoms with Crippen LogP contribution in [-0.4, -0.2) is 23.5 Å². The molecule has 0 aliphatic carbocycles. The van der Waals surface area contributed by atoms with Crippen LogP contribution in [0.5, 0.6) is 0 Å². The van der Waals surface area contributed by atoms with E-state index in [1.54, 1.807) is 0 Å². The van der Waals surface area contributed by atoms with Crippen molar-refractivity contribution >= 4 is 82.1 Å². The van der Waals surface area contributed by atoms with Crippen molar-refractivity contribution in [2.24, 2.45) is 0 Å². The quantitative estimate of drug-likeness (QED) is 0.186. The fourth-order valence-electron chi connectivity index (χ4n) is 7.92. The van der Waals surface area contributed by atoms with Crippen molar-refractivity contribution < 1.29 is 0 Å². The van der Waals surface area contributed by atoms with Gasteiger partial charge in [-0.3, -0.25) is 9.38 Å². The van der Waals surface area contributed by atoms with Crippen LogP contribution in [0.25, 0.3) is 93.5 Å². The van der Waals surface area contributed by atoms with Gasteiger partial charge in [-0.1, -0.05) is 72.8 Å². The third-order valence-electron chi connectivity index (χ3n) is 9.81. The minimum absolute atomic E-state index is 0.944. The van der Waals surface area contributed by atoms with Gasteiger partial charge in [-0.2, -0.15) is 0 Å². The molecule has 5 heterocycles. The Bertz CT molecular complexity index is 3060. The van der Waals surface area contributed by atoms with E-state index in [0.717, 1.165) is 55.4 Å². The summed E-state index contributed by atoms with van der Waals surface area (Å²) < 4.78 is 7.12. The Kier molecular flexibility index (Phi) is 4.78. The lowest BCUT2D eigenvalue weighted by Gasteiger charge is -2.11. The van der Waals surface area contributed by atoms with Crippen LogP contribution in [0, 0.1) is 0 Å². The van der Waals surface area contributed by atoms with Crippen LogP contribution in [0.3, 0.4) is 0 Å². The van der Waals surface area contributed by atoms with Crippen molar-refractivity contribution in [3.05, 3.63) is 152 Å². The summed E-state index contributed by atoms with van der Waals surface area (Å²) in [4.78, 5) is 10.2. The third-order valence-corrected chi connectivity index (χ3v) is 9.81. The molecule has 0 aliphatic heterocycles. The highest BCUT2D eigenvalue weighted by atomic mass is 15.0. The minimum atomic E-state index is 0.944. The molecule has 0 bridgehead atoms. The van der Waals surface area contributed by atoms with E-state index in [4.69, 9.17) is 9.97 Å². The lowest BCUT2D eigenvalue weighted by atomic mass is 10.0. The summed E-state index contributed by atoms with van der Waals surface area (Å²) in [7, 11) is 0. The summed E-state index contributed by atoms with van der Waals surface area (Å²) in [6.07, 6.45) is 1.89. The van der Waals surface area contributed by atoms with Gasteiger partial charge in [-0.15, -0.1) is 0 Å². The van der Waals surface area contributed by atoms with E-state index in [1.165, 1.54) is 38.1 Å². The lowest BCUT2D eigenvalue weighted by Crippen LogP contribution is -1.96. The Morgan fingerprint density at radius 3 is 1.96 bits per heavy atom. The molecule has 11 rings (SSSR count). The van der Waals surface area contributed by atoms with Crippen molar-refractivity contribution in [1.29, 1.82) is 0 Å². The molecule has 0 saturated heterocycles. The molecule has 5 heteroatoms. The van der Waals surface area contributed by atoms with Gasteiger partial charge in [0.2, 0.25) is 0 Å². The number of imidazole rings is 1. The minimum Gasteiger partial charge on any atom is -0.309 e. The number of para-hydroxylation sites is 5. The molecular weight excluding hydrogens is 574 g/mol. The molecule has 0 atom stereocenters. The lowest BCUT2D eigenvalue weighted by molar-refractivity contribution is 1.17. The highest BCUT2D eigenvalue weighted by Gasteiger charge is 2.23. The maximum atomic E-state index is 5.21. The molecule has 0 unspecified atom stereocenters. The Morgan fingerprint density at radius 2 is 1.13 bits per heavy atom. The van der Waals surface area contributed by atoms with Crippen molar-refractivity contribution in [2.45, 2.75) is 0 Å². The molecule has 0 spiro atoms. The number of fused-ring (bicyclic) bond motifs is 15. The van der Waals surface area contributed by atoms with Crippen molar-refractivity contribution in [3.8, 4) is 11.4 Å². The molecule has 0 radical (unpaired) electrons. The summed E-state index contributed by atoms with van der Waals surface area (Å²) in [5.41, 5.74) is 12.0. The van der Waals surface area contributed by atoms with Gasteiger partial charge in [0.1, 0.15) is 5.65 Å². The normalized spacial score (nSPS) is 12.3. The van der Waals surface area contributed by atoms with Gasteiger partial charge < -0.3 is 9.13 Å². The van der Waals surface area contributed by atoms with Crippen LogP contribution in [0.4, 0.5) is 0 Å². The zero-order chi connectivity index (χ0) is 30.6. The van der Waals surface area contributed by atoms with Gasteiger partial charge in [0, 0.05) is 49.9 Å². The van der Waals surface area contributed by atoms with E-state index in [2.05, 4.69) is 153 Å². The molecule has 218 valence electrons. The van der Waals surface area contributed by atoms with Gasteiger partial charge in [-0.25, -0.2) is 4.98 Å². The number of hydrogen-bond donors (Lipinski definition) is 0. The molecule has 0 saturated carbocycles. The zero-order valence-electron chi connectivity index (χ0n) is 25.2. The Morgan fingerprint density at radius 1 is 0.426 bits per heavy atom. The standard InChI is InChI=1S/C42H25N5/c1-3-12-26(13-4-1)45-34-18-9-7-16-29(34)39-36(45)22-21-28-30-24-31-32(25-38(30)46(41(28)39)27-14-5-2-6-15-27)42-44-33-17-8-10-19-35(33)47(42)37-20-11-23-43-40(31)37/h1-25H. The third kappa shape index (κ3) is 3.22. The monoisotopic (exact) mass is 599 g/mol. The number of nitrogens with zero attached hydrogens (tertiary/aromatic N) is 5. The molecule has 0 amide bonds. The van der Waals surface area contributed by atoms with E-state index < -0.39 is 0 Å². The second kappa shape index (κ2) is 9.05. The first-order valence-corrected chi connectivity index (χ1v) is 15.9. The average molecular weight is 600 g/mol. The van der Waals surface area contributed by atoms with Crippen LogP contribution >= 0.6 is 0 Å². The maximum absolute atomic E-state index is 5.21. The van der Waals surface area contributed by atoms with Crippen molar-refractivity contribution in [3.63, 3.8) is 0 Å². The molecule has 0 N–H and O–H groups in total. The maximum Gasteiger partial charge on any atom is 0.146 e. The Labute approximate surface area is 268 Å². The van der Waals surface area contributed by atoms with E-state index in [-0.39, 0.29) is 0 Å². The molecule has 11 aromatic rings. The van der Waals surface area contributed by atoms with Gasteiger partial charge in [0.25, 0.3) is 0 Å². The smallest absolute Gasteiger partial charge is 0.146 e. The van der Waals surface area contributed by atoms with Crippen LogP contribution in [0.1, 0.15) is 0 Å². The second-order valence-electron chi connectivity index (χ2n) is 12.3. The first-order valence-electron chi connectivity index (χ1n) is 15.9. The van der Waals surface area contributed by atoms with Crippen molar-refractivity contribution in [2.75, 3.05) is 0 Å². The number of aromatic nitrogens is 5. The average Bonchev–Trinajstić information content (AvgIpc) is 3.79. The summed E-state index contributed by atoms with van der Waals surface area (Å²) >= 11 is 0. The molecule has 5 nitrogen and oxygen atoms in total. The van der Waals surface area contributed by atoms with Crippen LogP contribution in [0.15, 0.2) is 152 Å². The number of benzene rings is 6. The molecule has 0 aliphatic rings. The van der Waals surface area contributed by atoms with Crippen molar-refractivity contribution in [1.82, 2.24) is 23.5 Å². The van der Waals surface area contributed by atoms with Gasteiger partial charge in [0.05, 0.1) is 44.1 Å². The highest BCUT2D eigenvalue weighted by molar-refractivity contribution is 6.28. The number of rotatable bonds is 2. The summed E-state index contributed by atoms with van der Waals surface area (Å²) in [6.45, 7) is 0. The van der Waals surface area contributed by atoms with E-state index >= 15 is 0 Å². The molecule has 5 aromatic heterocycles. The molecule has 6 aromatic carbocycles. The van der Waals surface area contributed by atoms with Crippen LogP contribution < -0.4 is 0 Å². The molecular formula is C42H25N5. The summed E-state index contributed by atoms with van der Waals surface area (Å²) in [6, 6.07) is 52.0. The fourth-order valence-corrected chi connectivity index (χ4v) is 7.92. The highest BCUT2D eigenvalue weighted by Crippen LogP contribution is 2.44. The van der Waals surface area contributed by atoms with Gasteiger partial charge in [0.15, 0.2) is 0 Å². The van der Waals surface area contributed by atoms with Crippen LogP contribution in [0.2, 0.25) is 0 Å². The van der Waals surface area contributed by atoms with Gasteiger partial charge >= 0.3 is 0 Å². The fraction of sp³-hybridized carbons (Fsp3) is 0. The summed E-state index contributed by atoms with van der Waals surface area (Å²) in [5, 5.41) is 7.08. The van der Waals surface area contributed by atoms with E-state index in [1.807, 2.05) is 12.3 Å². The van der Waals surface area contributed by atoms with E-state index in [0.29, 0.717) is 0 Å². The van der Waals surface area contributed by atoms with Crippen LogP contribution in [-0.2, 0) is 0 Å². The zero-order valence-corrected chi connectivity index (χ0v) is 25.2. The first kappa shape index (κ1) is 24.8. The van der Waals surface area contributed by atoms with E-state index in [9.17, 15) is 0 Å². The Hall–Kier alpha value is -6.46. The predicted molar refractivity (Wildman–Crippen MR) is 194 cm³/mol. The molecule has 0 fully saturated rings. The summed E-state index contributed by atoms with van der Waals surface area (Å²) in [5.74, 6) is 0.